The number of carbonyl (C=O) groups is 2. The molecule has 1 fully saturated rings. The molecule has 21 heavy (non-hydrogen) atoms. The van der Waals surface area contributed by atoms with Crippen LogP contribution in [0.2, 0.25) is 5.15 Å². The topological polar surface area (TPSA) is 101 Å². The van der Waals surface area contributed by atoms with Crippen molar-refractivity contribution in [2.24, 2.45) is 17.8 Å². The van der Waals surface area contributed by atoms with E-state index < -0.39 is 23.7 Å². The first-order chi connectivity index (χ1) is 9.90. The monoisotopic (exact) mass is 313 g/mol. The van der Waals surface area contributed by atoms with Gasteiger partial charge in [0.25, 0.3) is 0 Å². The smallest absolute Gasteiger partial charge is 0.307 e. The van der Waals surface area contributed by atoms with Gasteiger partial charge >= 0.3 is 5.97 Å². The summed E-state index contributed by atoms with van der Waals surface area (Å²) in [6, 6.07) is 1.41. The van der Waals surface area contributed by atoms with Gasteiger partial charge in [0.1, 0.15) is 5.15 Å². The van der Waals surface area contributed by atoms with Gasteiger partial charge in [0, 0.05) is 6.07 Å². The third-order valence-corrected chi connectivity index (χ3v) is 3.76. The lowest BCUT2D eigenvalue weighted by atomic mass is 9.95. The maximum absolute atomic E-state index is 12.2. The quantitative estimate of drug-likeness (QED) is 0.822. The Bertz CT molecular complexity index is 566. The van der Waals surface area contributed by atoms with Crippen molar-refractivity contribution < 1.29 is 19.4 Å². The second-order valence-corrected chi connectivity index (χ2v) is 5.56. The SMILES string of the molecule is COc1cc(Cl)nc(NC(=O)C2CC(C)CC2C(=O)O)n1. The molecule has 2 rings (SSSR count). The van der Waals surface area contributed by atoms with Gasteiger partial charge in [0.2, 0.25) is 17.7 Å². The van der Waals surface area contributed by atoms with E-state index in [4.69, 9.17) is 16.3 Å². The maximum Gasteiger partial charge on any atom is 0.307 e. The molecule has 7 nitrogen and oxygen atoms in total. The molecule has 0 bridgehead atoms. The molecule has 0 spiro atoms. The highest BCUT2D eigenvalue weighted by atomic mass is 35.5. The Morgan fingerprint density at radius 3 is 2.67 bits per heavy atom. The number of carbonyl (C=O) groups excluding carboxylic acids is 1. The van der Waals surface area contributed by atoms with E-state index in [9.17, 15) is 14.7 Å². The summed E-state index contributed by atoms with van der Waals surface area (Å²) in [5.41, 5.74) is 0. The number of rotatable bonds is 4. The molecule has 0 radical (unpaired) electrons. The molecule has 8 heteroatoms. The molecule has 3 atom stereocenters. The number of amides is 1. The molecule has 1 saturated carbocycles. The van der Waals surface area contributed by atoms with Crippen LogP contribution in [0.3, 0.4) is 0 Å². The van der Waals surface area contributed by atoms with Gasteiger partial charge in [0.15, 0.2) is 0 Å². The fourth-order valence-corrected chi connectivity index (χ4v) is 2.79. The summed E-state index contributed by atoms with van der Waals surface area (Å²) in [4.78, 5) is 31.3. The summed E-state index contributed by atoms with van der Waals surface area (Å²) < 4.78 is 4.94. The Labute approximate surface area is 126 Å². The highest BCUT2D eigenvalue weighted by Crippen LogP contribution is 2.37. The van der Waals surface area contributed by atoms with E-state index in [1.165, 1.54) is 13.2 Å². The third kappa shape index (κ3) is 3.60. The van der Waals surface area contributed by atoms with Crippen molar-refractivity contribution in [2.75, 3.05) is 12.4 Å². The molecule has 0 aliphatic heterocycles. The minimum atomic E-state index is -0.955. The fraction of sp³-hybridized carbons (Fsp3) is 0.538. The summed E-state index contributed by atoms with van der Waals surface area (Å²) in [5.74, 6) is -2.21. The van der Waals surface area contributed by atoms with E-state index in [2.05, 4.69) is 15.3 Å². The number of halogens is 1. The molecule has 2 N–H and O–H groups in total. The predicted molar refractivity (Wildman–Crippen MR) is 75.2 cm³/mol. The Kier molecular flexibility index (Phi) is 4.62. The number of carboxylic acids is 1. The van der Waals surface area contributed by atoms with Crippen LogP contribution in [0.25, 0.3) is 0 Å². The molecule has 1 heterocycles. The van der Waals surface area contributed by atoms with E-state index in [-0.39, 0.29) is 22.9 Å². The van der Waals surface area contributed by atoms with Crippen LogP contribution >= 0.6 is 11.6 Å². The van der Waals surface area contributed by atoms with Gasteiger partial charge in [-0.05, 0) is 18.8 Å². The first-order valence-corrected chi connectivity index (χ1v) is 6.90. The van der Waals surface area contributed by atoms with Crippen molar-refractivity contribution in [3.05, 3.63) is 11.2 Å². The summed E-state index contributed by atoms with van der Waals surface area (Å²) >= 11 is 5.80. The summed E-state index contributed by atoms with van der Waals surface area (Å²) in [6.45, 7) is 1.93. The first kappa shape index (κ1) is 15.5. The molecule has 1 aliphatic rings. The molecule has 1 amide bonds. The van der Waals surface area contributed by atoms with Crippen LogP contribution in [0.1, 0.15) is 19.8 Å². The number of carboxylic acid groups (broad SMARTS) is 1. The standard InChI is InChI=1S/C13H16ClN3O4/c1-6-3-7(8(4-6)12(19)20)11(18)17-13-15-9(14)5-10(16-13)21-2/h5-8H,3-4H2,1-2H3,(H,19,20)(H,15,16,17,18). The van der Waals surface area contributed by atoms with Crippen LogP contribution in [-0.4, -0.2) is 34.1 Å². The lowest BCUT2D eigenvalue weighted by Crippen LogP contribution is -2.30. The Balaban J connectivity index is 2.14. The molecule has 0 saturated heterocycles. The fourth-order valence-electron chi connectivity index (χ4n) is 2.61. The largest absolute Gasteiger partial charge is 0.481 e. The molecule has 1 aromatic heterocycles. The zero-order valence-electron chi connectivity index (χ0n) is 11.7. The zero-order chi connectivity index (χ0) is 15.6. The van der Waals surface area contributed by atoms with E-state index >= 15 is 0 Å². The average Bonchev–Trinajstić information content (AvgIpc) is 2.80. The molecule has 0 aromatic carbocycles. The van der Waals surface area contributed by atoms with Crippen LogP contribution in [0.5, 0.6) is 5.88 Å². The summed E-state index contributed by atoms with van der Waals surface area (Å²) in [6.07, 6.45) is 1.02. The Morgan fingerprint density at radius 1 is 1.38 bits per heavy atom. The number of nitrogens with one attached hydrogen (secondary N) is 1. The molecular weight excluding hydrogens is 298 g/mol. The molecule has 1 aromatic rings. The number of hydrogen-bond donors (Lipinski definition) is 2. The zero-order valence-corrected chi connectivity index (χ0v) is 12.4. The van der Waals surface area contributed by atoms with E-state index in [1.807, 2.05) is 6.92 Å². The molecular formula is C13H16ClN3O4. The highest BCUT2D eigenvalue weighted by molar-refractivity contribution is 6.29. The van der Waals surface area contributed by atoms with Crippen molar-refractivity contribution >= 4 is 29.4 Å². The minimum absolute atomic E-state index is 0.00745. The van der Waals surface area contributed by atoms with Crippen molar-refractivity contribution in [1.29, 1.82) is 0 Å². The molecule has 114 valence electrons. The van der Waals surface area contributed by atoms with E-state index in [0.29, 0.717) is 12.8 Å². The van der Waals surface area contributed by atoms with Crippen molar-refractivity contribution in [3.63, 3.8) is 0 Å². The van der Waals surface area contributed by atoms with Crippen LogP contribution < -0.4 is 10.1 Å². The van der Waals surface area contributed by atoms with Gasteiger partial charge < -0.3 is 9.84 Å². The average molecular weight is 314 g/mol. The highest BCUT2D eigenvalue weighted by Gasteiger charge is 2.41. The maximum atomic E-state index is 12.2. The number of nitrogens with zero attached hydrogens (tertiary/aromatic N) is 2. The van der Waals surface area contributed by atoms with Crippen LogP contribution in [-0.2, 0) is 9.59 Å². The van der Waals surface area contributed by atoms with Gasteiger partial charge in [-0.15, -0.1) is 0 Å². The Hall–Kier alpha value is -1.89. The van der Waals surface area contributed by atoms with Gasteiger partial charge in [0.05, 0.1) is 18.9 Å². The minimum Gasteiger partial charge on any atom is -0.481 e. The van der Waals surface area contributed by atoms with Crippen molar-refractivity contribution in [3.8, 4) is 5.88 Å². The Morgan fingerprint density at radius 2 is 2.05 bits per heavy atom. The molecule has 3 unspecified atom stereocenters. The number of aliphatic carboxylic acids is 1. The van der Waals surface area contributed by atoms with Crippen LogP contribution in [0.4, 0.5) is 5.95 Å². The van der Waals surface area contributed by atoms with Crippen molar-refractivity contribution in [2.45, 2.75) is 19.8 Å². The van der Waals surface area contributed by atoms with Crippen LogP contribution in [0.15, 0.2) is 6.07 Å². The number of aromatic nitrogens is 2. The number of ether oxygens (including phenoxy) is 1. The number of hydrogen-bond acceptors (Lipinski definition) is 5. The normalized spacial score (nSPS) is 24.6. The first-order valence-electron chi connectivity index (χ1n) is 6.53. The predicted octanol–water partition coefficient (Wildman–Crippen LogP) is 1.82. The van der Waals surface area contributed by atoms with Crippen molar-refractivity contribution in [1.82, 2.24) is 9.97 Å². The summed E-state index contributed by atoms with van der Waals surface area (Å²) in [5, 5.41) is 11.8. The lowest BCUT2D eigenvalue weighted by Gasteiger charge is -2.15. The van der Waals surface area contributed by atoms with E-state index in [0.717, 1.165) is 0 Å². The van der Waals surface area contributed by atoms with Crippen LogP contribution in [0, 0.1) is 17.8 Å². The van der Waals surface area contributed by atoms with Gasteiger partial charge in [-0.25, -0.2) is 4.98 Å². The summed E-state index contributed by atoms with van der Waals surface area (Å²) in [7, 11) is 1.42. The van der Waals surface area contributed by atoms with Gasteiger partial charge in [-0.3, -0.25) is 14.9 Å². The number of anilines is 1. The van der Waals surface area contributed by atoms with Gasteiger partial charge in [-0.1, -0.05) is 18.5 Å². The second kappa shape index (κ2) is 6.26. The van der Waals surface area contributed by atoms with Gasteiger partial charge in [-0.2, -0.15) is 4.98 Å². The molecule has 1 aliphatic carbocycles. The third-order valence-electron chi connectivity index (χ3n) is 3.57. The van der Waals surface area contributed by atoms with E-state index in [1.54, 1.807) is 0 Å². The lowest BCUT2D eigenvalue weighted by molar-refractivity contribution is -0.145. The number of methoxy groups -OCH3 is 1. The second-order valence-electron chi connectivity index (χ2n) is 5.17.